The lowest BCUT2D eigenvalue weighted by Gasteiger charge is -2.30. The molecule has 2 N–H and O–H groups in total. The quantitative estimate of drug-likeness (QED) is 0.284. The summed E-state index contributed by atoms with van der Waals surface area (Å²) < 4.78 is 39.8. The van der Waals surface area contributed by atoms with Crippen LogP contribution in [0, 0.1) is 11.8 Å². The number of hydrogen-bond acceptors (Lipinski definition) is 9. The fourth-order valence-corrected chi connectivity index (χ4v) is 9.89. The summed E-state index contributed by atoms with van der Waals surface area (Å²) in [5.74, 6) is -3.61. The van der Waals surface area contributed by atoms with Crippen LogP contribution in [0.15, 0.2) is 36.4 Å². The lowest BCUT2D eigenvalue weighted by atomic mass is 9.95. The van der Waals surface area contributed by atoms with Crippen LogP contribution in [-0.2, 0) is 51.8 Å². The standard InChI is InChI=1S/C39H54N4O9S/c1-5-17-38(18-19-38)53(49,50)41-35(47)39-22-29(39)16-10-8-6-7-9-13-26(20-32(44)52-37(2,3)4)34(46)43-25-30(21-31(43)33(45)40-39)51-36(48)42-23-27-14-11-12-15-28(27)24-42/h10-12,14-16,26,29-31H,5-9,13,17-25H2,1-4H3,(H,40,45)(H,41,47)/b16-10-/t26-,29-,30-,31+,39-/m1/s1. The number of carbonyl (C=O) groups excluding carboxylic acids is 5. The molecule has 290 valence electrons. The first-order valence-electron chi connectivity index (χ1n) is 19.2. The van der Waals surface area contributed by atoms with E-state index in [1.165, 1.54) is 4.90 Å². The summed E-state index contributed by atoms with van der Waals surface area (Å²) in [5.41, 5.74) is -0.243. The zero-order valence-corrected chi connectivity index (χ0v) is 32.2. The van der Waals surface area contributed by atoms with Gasteiger partial charge in [0.2, 0.25) is 21.8 Å². The number of ether oxygens (including phenoxy) is 2. The van der Waals surface area contributed by atoms with Crippen molar-refractivity contribution in [3.63, 3.8) is 0 Å². The number of fused-ring (bicyclic) bond motifs is 3. The number of hydrogen-bond donors (Lipinski definition) is 2. The first-order valence-corrected chi connectivity index (χ1v) is 20.6. The summed E-state index contributed by atoms with van der Waals surface area (Å²) >= 11 is 0. The van der Waals surface area contributed by atoms with Crippen molar-refractivity contribution in [2.24, 2.45) is 11.8 Å². The van der Waals surface area contributed by atoms with Gasteiger partial charge in [-0.05, 0) is 76.8 Å². The number of nitrogens with zero attached hydrogens (tertiary/aromatic N) is 2. The molecule has 5 aliphatic rings. The number of sulfonamides is 1. The van der Waals surface area contributed by atoms with Crippen molar-refractivity contribution < 1.29 is 41.9 Å². The van der Waals surface area contributed by atoms with Crippen molar-refractivity contribution in [1.29, 1.82) is 0 Å². The molecule has 3 aliphatic heterocycles. The largest absolute Gasteiger partial charge is 0.460 e. The van der Waals surface area contributed by atoms with E-state index in [1.807, 2.05) is 43.3 Å². The van der Waals surface area contributed by atoms with Crippen LogP contribution in [0.5, 0.6) is 0 Å². The van der Waals surface area contributed by atoms with Gasteiger partial charge in [0.1, 0.15) is 23.3 Å². The third kappa shape index (κ3) is 8.57. The van der Waals surface area contributed by atoms with Crippen LogP contribution >= 0.6 is 0 Å². The fourth-order valence-electron chi connectivity index (χ4n) is 8.13. The summed E-state index contributed by atoms with van der Waals surface area (Å²) in [7, 11) is -4.01. The van der Waals surface area contributed by atoms with Crippen LogP contribution in [0.1, 0.15) is 116 Å². The zero-order valence-electron chi connectivity index (χ0n) is 31.4. The number of benzene rings is 1. The third-order valence-electron chi connectivity index (χ3n) is 11.3. The number of esters is 1. The van der Waals surface area contributed by atoms with E-state index in [2.05, 4.69) is 10.0 Å². The molecule has 0 radical (unpaired) electrons. The van der Waals surface area contributed by atoms with Crippen LogP contribution in [0.4, 0.5) is 4.79 Å². The molecular formula is C39H54N4O9S. The zero-order chi connectivity index (χ0) is 38.2. The molecule has 13 nitrogen and oxygen atoms in total. The summed E-state index contributed by atoms with van der Waals surface area (Å²) in [6.07, 6.45) is 7.81. The van der Waals surface area contributed by atoms with Crippen molar-refractivity contribution >= 4 is 39.8 Å². The molecule has 14 heteroatoms. The summed E-state index contributed by atoms with van der Waals surface area (Å²) in [4.78, 5) is 72.1. The molecule has 4 amide bonds. The molecule has 3 fully saturated rings. The Labute approximate surface area is 312 Å². The van der Waals surface area contributed by atoms with Crippen molar-refractivity contribution in [3.05, 3.63) is 47.5 Å². The van der Waals surface area contributed by atoms with E-state index in [-0.39, 0.29) is 25.8 Å². The minimum absolute atomic E-state index is 0.0284. The lowest BCUT2D eigenvalue weighted by Crippen LogP contribution is -2.57. The maximum Gasteiger partial charge on any atom is 0.410 e. The second-order valence-electron chi connectivity index (χ2n) is 16.6. The number of amides is 4. The second-order valence-corrected chi connectivity index (χ2v) is 18.6. The van der Waals surface area contributed by atoms with Crippen LogP contribution in [0.25, 0.3) is 0 Å². The Hall–Kier alpha value is -3.94. The van der Waals surface area contributed by atoms with Crippen molar-refractivity contribution in [3.8, 4) is 0 Å². The molecule has 6 rings (SSSR count). The van der Waals surface area contributed by atoms with E-state index < -0.39 is 79.7 Å². The Morgan fingerprint density at radius 2 is 1.74 bits per heavy atom. The summed E-state index contributed by atoms with van der Waals surface area (Å²) in [5, 5.41) is 2.88. The van der Waals surface area contributed by atoms with E-state index >= 15 is 0 Å². The molecule has 2 saturated carbocycles. The Balaban J connectivity index is 1.25. The summed E-state index contributed by atoms with van der Waals surface area (Å²) in [6, 6.07) is 6.59. The van der Waals surface area contributed by atoms with Gasteiger partial charge < -0.3 is 19.7 Å². The number of carbonyl (C=O) groups is 5. The van der Waals surface area contributed by atoms with Gasteiger partial charge in [0.25, 0.3) is 5.91 Å². The van der Waals surface area contributed by atoms with Gasteiger partial charge in [0, 0.05) is 31.3 Å². The SMILES string of the molecule is CCCC1(S(=O)(=O)NC(=O)[C@@]23C[C@H]2/C=C\CCCCC[C@H](CC(=O)OC(C)(C)C)C(=O)N2C[C@H](OC(=O)N4Cc5ccccc5C4)C[C@H]2C(=O)N3)CC1. The van der Waals surface area contributed by atoms with Gasteiger partial charge >= 0.3 is 12.1 Å². The molecule has 0 unspecified atom stereocenters. The highest BCUT2D eigenvalue weighted by Crippen LogP contribution is 2.49. The molecule has 2 aliphatic carbocycles. The van der Waals surface area contributed by atoms with Crippen molar-refractivity contribution in [2.45, 2.75) is 146 Å². The molecule has 5 atom stereocenters. The van der Waals surface area contributed by atoms with Crippen LogP contribution in [0.2, 0.25) is 0 Å². The van der Waals surface area contributed by atoms with Gasteiger partial charge in [-0.1, -0.05) is 62.6 Å². The van der Waals surface area contributed by atoms with Gasteiger partial charge in [-0.2, -0.15) is 0 Å². The Bertz CT molecular complexity index is 1730. The smallest absolute Gasteiger partial charge is 0.410 e. The van der Waals surface area contributed by atoms with Gasteiger partial charge in [0.05, 0.1) is 17.7 Å². The monoisotopic (exact) mass is 754 g/mol. The minimum Gasteiger partial charge on any atom is -0.460 e. The molecule has 1 aromatic carbocycles. The van der Waals surface area contributed by atoms with E-state index in [4.69, 9.17) is 9.47 Å². The van der Waals surface area contributed by atoms with E-state index in [0.29, 0.717) is 58.0 Å². The highest BCUT2D eigenvalue weighted by Gasteiger charge is 2.63. The van der Waals surface area contributed by atoms with Crippen LogP contribution in [-0.4, -0.2) is 82.6 Å². The Morgan fingerprint density at radius 3 is 2.38 bits per heavy atom. The number of allylic oxidation sites excluding steroid dienone is 1. The van der Waals surface area contributed by atoms with Gasteiger partial charge in [-0.25, -0.2) is 13.2 Å². The maximum absolute atomic E-state index is 14.4. The molecule has 1 aromatic rings. The number of nitrogens with one attached hydrogen (secondary N) is 2. The highest BCUT2D eigenvalue weighted by atomic mass is 32.2. The maximum atomic E-state index is 14.4. The van der Waals surface area contributed by atoms with Gasteiger partial charge in [0.15, 0.2) is 0 Å². The van der Waals surface area contributed by atoms with E-state index in [1.54, 1.807) is 25.7 Å². The predicted octanol–water partition coefficient (Wildman–Crippen LogP) is 4.63. The molecular weight excluding hydrogens is 701 g/mol. The molecule has 53 heavy (non-hydrogen) atoms. The normalized spacial score (nSPS) is 29.0. The molecule has 0 aromatic heterocycles. The molecule has 1 saturated heterocycles. The van der Waals surface area contributed by atoms with Crippen molar-refractivity contribution in [1.82, 2.24) is 19.8 Å². The molecule has 0 bridgehead atoms. The minimum atomic E-state index is -4.01. The lowest BCUT2D eigenvalue weighted by molar-refractivity contribution is -0.159. The summed E-state index contributed by atoms with van der Waals surface area (Å²) in [6.45, 7) is 7.84. The topological polar surface area (TPSA) is 168 Å². The highest BCUT2D eigenvalue weighted by molar-refractivity contribution is 7.91. The van der Waals surface area contributed by atoms with Gasteiger partial charge in [-0.3, -0.25) is 28.8 Å². The first kappa shape index (κ1) is 38.8. The first-order chi connectivity index (χ1) is 25.1. The molecule has 3 heterocycles. The average molecular weight is 755 g/mol. The van der Waals surface area contributed by atoms with Crippen LogP contribution < -0.4 is 10.0 Å². The van der Waals surface area contributed by atoms with E-state index in [0.717, 1.165) is 24.0 Å². The Kier molecular flexibility index (Phi) is 11.0. The fraction of sp³-hybridized carbons (Fsp3) is 0.667. The second kappa shape index (κ2) is 15.1. The number of rotatable bonds is 8. The molecule has 0 spiro atoms. The van der Waals surface area contributed by atoms with Gasteiger partial charge in [-0.15, -0.1) is 0 Å². The Morgan fingerprint density at radius 1 is 1.04 bits per heavy atom. The van der Waals surface area contributed by atoms with E-state index in [9.17, 15) is 32.4 Å². The predicted molar refractivity (Wildman–Crippen MR) is 195 cm³/mol. The van der Waals surface area contributed by atoms with Crippen LogP contribution in [0.3, 0.4) is 0 Å². The van der Waals surface area contributed by atoms with Crippen molar-refractivity contribution in [2.75, 3.05) is 6.54 Å². The average Bonchev–Trinajstić information content (AvgIpc) is 3.91. The third-order valence-corrected chi connectivity index (χ3v) is 13.5.